The van der Waals surface area contributed by atoms with Crippen molar-refractivity contribution in [2.75, 3.05) is 7.11 Å². The van der Waals surface area contributed by atoms with E-state index in [0.29, 0.717) is 17.3 Å². The molecule has 2 aromatic heterocycles. The van der Waals surface area contributed by atoms with Gasteiger partial charge in [0.1, 0.15) is 10.6 Å². The van der Waals surface area contributed by atoms with Crippen LogP contribution in [0.25, 0.3) is 21.5 Å². The van der Waals surface area contributed by atoms with Crippen LogP contribution >= 0.6 is 11.3 Å². The van der Waals surface area contributed by atoms with Gasteiger partial charge >= 0.3 is 6.01 Å². The highest BCUT2D eigenvalue weighted by atomic mass is 32.1. The standard InChI is InChI=1S/C17H15FN2OS/c1-21-17-19-15(10-6-2-4-8-12(10)18)14-11-7-3-5-9-13(11)22-16(14)20-17/h2,4,6,8H,3,5,7,9H2,1H3. The van der Waals surface area contributed by atoms with Crippen molar-refractivity contribution in [2.24, 2.45) is 0 Å². The van der Waals surface area contributed by atoms with E-state index in [-0.39, 0.29) is 5.82 Å². The van der Waals surface area contributed by atoms with Gasteiger partial charge in [-0.3, -0.25) is 0 Å². The van der Waals surface area contributed by atoms with E-state index < -0.39 is 0 Å². The van der Waals surface area contributed by atoms with Crippen LogP contribution < -0.4 is 4.74 Å². The summed E-state index contributed by atoms with van der Waals surface area (Å²) >= 11 is 1.69. The minimum atomic E-state index is -0.264. The predicted molar refractivity (Wildman–Crippen MR) is 86.0 cm³/mol. The van der Waals surface area contributed by atoms with Crippen molar-refractivity contribution in [3.05, 3.63) is 40.5 Å². The number of halogens is 1. The summed E-state index contributed by atoms with van der Waals surface area (Å²) in [5.74, 6) is -0.264. The quantitative estimate of drug-likeness (QED) is 0.704. The molecule has 1 aliphatic rings. The lowest BCUT2D eigenvalue weighted by Crippen LogP contribution is -2.01. The number of thiophene rings is 1. The van der Waals surface area contributed by atoms with E-state index in [1.807, 2.05) is 6.07 Å². The number of nitrogens with zero attached hydrogens (tertiary/aromatic N) is 2. The highest BCUT2D eigenvalue weighted by molar-refractivity contribution is 7.19. The second-order valence-corrected chi connectivity index (χ2v) is 6.51. The molecule has 1 aromatic carbocycles. The molecule has 1 aliphatic carbocycles. The number of rotatable bonds is 2. The van der Waals surface area contributed by atoms with Crippen LogP contribution in [0.1, 0.15) is 23.3 Å². The first-order chi connectivity index (χ1) is 10.8. The first-order valence-corrected chi connectivity index (χ1v) is 8.20. The Balaban J connectivity index is 2.07. The van der Waals surface area contributed by atoms with Gasteiger partial charge < -0.3 is 4.74 Å². The smallest absolute Gasteiger partial charge is 0.318 e. The van der Waals surface area contributed by atoms with Crippen molar-refractivity contribution >= 4 is 21.6 Å². The van der Waals surface area contributed by atoms with Gasteiger partial charge in [0.2, 0.25) is 0 Å². The maximum absolute atomic E-state index is 14.3. The van der Waals surface area contributed by atoms with Gasteiger partial charge in [-0.2, -0.15) is 9.97 Å². The number of aryl methyl sites for hydroxylation is 2. The Labute approximate surface area is 131 Å². The summed E-state index contributed by atoms with van der Waals surface area (Å²) < 4.78 is 19.5. The van der Waals surface area contributed by atoms with E-state index in [2.05, 4.69) is 9.97 Å². The van der Waals surface area contributed by atoms with Crippen LogP contribution in [0.2, 0.25) is 0 Å². The average molecular weight is 314 g/mol. The highest BCUT2D eigenvalue weighted by Gasteiger charge is 2.23. The van der Waals surface area contributed by atoms with Crippen LogP contribution in [0.5, 0.6) is 6.01 Å². The molecular formula is C17H15FN2OS. The Morgan fingerprint density at radius 1 is 1.14 bits per heavy atom. The van der Waals surface area contributed by atoms with Gasteiger partial charge in [-0.15, -0.1) is 11.3 Å². The van der Waals surface area contributed by atoms with Crippen molar-refractivity contribution < 1.29 is 9.13 Å². The molecule has 0 atom stereocenters. The normalized spacial score (nSPS) is 14.1. The van der Waals surface area contributed by atoms with Crippen molar-refractivity contribution in [3.8, 4) is 17.3 Å². The maximum Gasteiger partial charge on any atom is 0.318 e. The minimum absolute atomic E-state index is 0.264. The number of hydrogen-bond acceptors (Lipinski definition) is 4. The number of ether oxygens (including phenoxy) is 1. The van der Waals surface area contributed by atoms with Crippen LogP contribution in [0, 0.1) is 5.82 Å². The SMILES string of the molecule is COc1nc(-c2ccccc2F)c2c3c(sc2n1)CCCC3. The van der Waals surface area contributed by atoms with E-state index in [4.69, 9.17) is 4.74 Å². The molecule has 0 bridgehead atoms. The maximum atomic E-state index is 14.3. The third-order valence-electron chi connectivity index (χ3n) is 4.11. The van der Waals surface area contributed by atoms with E-state index >= 15 is 0 Å². The molecule has 3 nitrogen and oxygen atoms in total. The van der Waals surface area contributed by atoms with Gasteiger partial charge in [0.15, 0.2) is 0 Å². The molecule has 0 radical (unpaired) electrons. The van der Waals surface area contributed by atoms with Crippen molar-refractivity contribution in [1.29, 1.82) is 0 Å². The van der Waals surface area contributed by atoms with E-state index in [1.54, 1.807) is 30.6 Å². The van der Waals surface area contributed by atoms with Gasteiger partial charge in [-0.1, -0.05) is 12.1 Å². The summed E-state index contributed by atoms with van der Waals surface area (Å²) in [5.41, 5.74) is 2.46. The molecule has 22 heavy (non-hydrogen) atoms. The number of aromatic nitrogens is 2. The van der Waals surface area contributed by atoms with Gasteiger partial charge in [0.05, 0.1) is 12.8 Å². The lowest BCUT2D eigenvalue weighted by atomic mass is 9.95. The Hall–Kier alpha value is -2.01. The average Bonchev–Trinajstić information content (AvgIpc) is 2.93. The molecule has 3 aromatic rings. The molecule has 0 spiro atoms. The summed E-state index contributed by atoms with van der Waals surface area (Å²) in [6.07, 6.45) is 4.48. The zero-order valence-electron chi connectivity index (χ0n) is 12.2. The van der Waals surface area contributed by atoms with Crippen molar-refractivity contribution in [2.45, 2.75) is 25.7 Å². The molecule has 2 heterocycles. The summed E-state index contributed by atoms with van der Waals surface area (Å²) in [6, 6.07) is 7.05. The van der Waals surface area contributed by atoms with Crippen LogP contribution in [-0.2, 0) is 12.8 Å². The molecular weight excluding hydrogens is 299 g/mol. The lowest BCUT2D eigenvalue weighted by molar-refractivity contribution is 0.382. The van der Waals surface area contributed by atoms with Crippen LogP contribution in [0.4, 0.5) is 4.39 Å². The third-order valence-corrected chi connectivity index (χ3v) is 5.29. The van der Waals surface area contributed by atoms with Gasteiger partial charge in [0, 0.05) is 15.8 Å². The summed E-state index contributed by atoms with van der Waals surface area (Å²) in [4.78, 5) is 11.2. The largest absolute Gasteiger partial charge is 0.467 e. The number of methoxy groups -OCH3 is 1. The lowest BCUT2D eigenvalue weighted by Gasteiger charge is -2.12. The fourth-order valence-corrected chi connectivity index (χ4v) is 4.33. The molecule has 0 aliphatic heterocycles. The molecule has 0 fully saturated rings. The van der Waals surface area contributed by atoms with Gasteiger partial charge in [-0.05, 0) is 43.4 Å². The summed E-state index contributed by atoms with van der Waals surface area (Å²) in [7, 11) is 1.54. The van der Waals surface area contributed by atoms with Gasteiger partial charge in [-0.25, -0.2) is 4.39 Å². The molecule has 0 saturated heterocycles. The van der Waals surface area contributed by atoms with Crippen LogP contribution in [0.3, 0.4) is 0 Å². The summed E-state index contributed by atoms with van der Waals surface area (Å²) in [5, 5.41) is 1.01. The highest BCUT2D eigenvalue weighted by Crippen LogP contribution is 2.41. The number of hydrogen-bond donors (Lipinski definition) is 0. The Kier molecular flexibility index (Phi) is 3.30. The topological polar surface area (TPSA) is 35.0 Å². The van der Waals surface area contributed by atoms with Crippen LogP contribution in [0.15, 0.2) is 24.3 Å². The number of fused-ring (bicyclic) bond motifs is 3. The fraction of sp³-hybridized carbons (Fsp3) is 0.294. The zero-order valence-corrected chi connectivity index (χ0v) is 13.0. The first-order valence-electron chi connectivity index (χ1n) is 7.39. The molecule has 0 amide bonds. The molecule has 112 valence electrons. The Morgan fingerprint density at radius 2 is 1.95 bits per heavy atom. The second-order valence-electron chi connectivity index (χ2n) is 5.43. The minimum Gasteiger partial charge on any atom is -0.467 e. The van der Waals surface area contributed by atoms with E-state index in [1.165, 1.54) is 29.3 Å². The van der Waals surface area contributed by atoms with Crippen molar-refractivity contribution in [3.63, 3.8) is 0 Å². The zero-order chi connectivity index (χ0) is 15.1. The summed E-state index contributed by atoms with van der Waals surface area (Å²) in [6.45, 7) is 0. The molecule has 0 N–H and O–H groups in total. The predicted octanol–water partition coefficient (Wildman–Crippen LogP) is 4.38. The molecule has 0 unspecified atom stereocenters. The second kappa shape index (κ2) is 5.32. The molecule has 5 heteroatoms. The monoisotopic (exact) mass is 314 g/mol. The van der Waals surface area contributed by atoms with Gasteiger partial charge in [0.25, 0.3) is 0 Å². The van der Waals surface area contributed by atoms with E-state index in [9.17, 15) is 4.39 Å². The molecule has 0 saturated carbocycles. The first kappa shape index (κ1) is 13.6. The van der Waals surface area contributed by atoms with E-state index in [0.717, 1.165) is 23.1 Å². The fourth-order valence-electron chi connectivity index (χ4n) is 3.08. The van der Waals surface area contributed by atoms with Crippen molar-refractivity contribution in [1.82, 2.24) is 9.97 Å². The Morgan fingerprint density at radius 3 is 2.77 bits per heavy atom. The third kappa shape index (κ3) is 2.08. The van der Waals surface area contributed by atoms with Crippen LogP contribution in [-0.4, -0.2) is 17.1 Å². The number of benzene rings is 1. The Bertz CT molecular complexity index is 859. The molecule has 4 rings (SSSR count).